The van der Waals surface area contributed by atoms with Crippen molar-refractivity contribution in [1.82, 2.24) is 4.31 Å². The van der Waals surface area contributed by atoms with Crippen molar-refractivity contribution in [1.29, 1.82) is 0 Å². The van der Waals surface area contributed by atoms with Crippen LogP contribution in [0.3, 0.4) is 0 Å². The first-order valence-electron chi connectivity index (χ1n) is 3.05. The van der Waals surface area contributed by atoms with Crippen LogP contribution in [0.25, 0.3) is 0 Å². The molecule has 4 nitrogen and oxygen atoms in total. The summed E-state index contributed by atoms with van der Waals surface area (Å²) in [7, 11) is -0.165. The fraction of sp³-hybridized carbons (Fsp3) is 0.800. The van der Waals surface area contributed by atoms with Crippen LogP contribution >= 0.6 is 12.2 Å². The van der Waals surface area contributed by atoms with Crippen LogP contribution in [0.4, 0.5) is 0 Å². The smallest absolute Gasteiger partial charge is 0.214 e. The van der Waals surface area contributed by atoms with Crippen LogP contribution in [0.15, 0.2) is 0 Å². The van der Waals surface area contributed by atoms with E-state index in [-0.39, 0.29) is 17.2 Å². The molecule has 6 heteroatoms. The van der Waals surface area contributed by atoms with Gasteiger partial charge in [-0.05, 0) is 0 Å². The molecule has 0 aliphatic heterocycles. The Hall–Kier alpha value is -0.200. The molecule has 0 unspecified atom stereocenters. The fourth-order valence-corrected chi connectivity index (χ4v) is 1.49. The highest BCUT2D eigenvalue weighted by atomic mass is 32.2. The Morgan fingerprint density at radius 1 is 1.55 bits per heavy atom. The highest BCUT2D eigenvalue weighted by Gasteiger charge is 2.12. The van der Waals surface area contributed by atoms with Crippen LogP contribution in [0.1, 0.15) is 6.42 Å². The van der Waals surface area contributed by atoms with E-state index in [1.807, 2.05) is 0 Å². The fourth-order valence-electron chi connectivity index (χ4n) is 0.412. The van der Waals surface area contributed by atoms with Crippen molar-refractivity contribution in [2.75, 3.05) is 19.8 Å². The van der Waals surface area contributed by atoms with E-state index in [9.17, 15) is 8.42 Å². The van der Waals surface area contributed by atoms with E-state index >= 15 is 0 Å². The maximum atomic E-state index is 11.0. The van der Waals surface area contributed by atoms with Crippen molar-refractivity contribution < 1.29 is 8.42 Å². The van der Waals surface area contributed by atoms with Crippen LogP contribution < -0.4 is 5.73 Å². The van der Waals surface area contributed by atoms with Gasteiger partial charge >= 0.3 is 0 Å². The van der Waals surface area contributed by atoms with Crippen molar-refractivity contribution in [3.63, 3.8) is 0 Å². The van der Waals surface area contributed by atoms with E-state index < -0.39 is 10.0 Å². The van der Waals surface area contributed by atoms with E-state index in [2.05, 4.69) is 12.2 Å². The number of hydrogen-bond acceptors (Lipinski definition) is 3. The van der Waals surface area contributed by atoms with Gasteiger partial charge in [-0.1, -0.05) is 12.2 Å². The number of nitrogens with two attached hydrogens (primary N) is 1. The summed E-state index contributed by atoms with van der Waals surface area (Å²) < 4.78 is 23.2. The third-order valence-corrected chi connectivity index (χ3v) is 3.20. The third kappa shape index (κ3) is 4.28. The minimum absolute atomic E-state index is 0.00463. The lowest BCUT2D eigenvalue weighted by molar-refractivity contribution is 0.521. The molecule has 2 N–H and O–H groups in total. The predicted octanol–water partition coefficient (Wildman–Crippen LogP) is -0.446. The Bertz CT molecular complexity index is 233. The van der Waals surface area contributed by atoms with Gasteiger partial charge in [0, 0.05) is 20.5 Å². The molecular formula is C5H12N2O2S2. The monoisotopic (exact) mass is 196 g/mol. The zero-order valence-corrected chi connectivity index (χ0v) is 8.20. The largest absolute Gasteiger partial charge is 0.393 e. The average Bonchev–Trinajstić information content (AvgIpc) is 1.84. The van der Waals surface area contributed by atoms with Gasteiger partial charge in [-0.2, -0.15) is 0 Å². The van der Waals surface area contributed by atoms with Crippen LogP contribution in [0.5, 0.6) is 0 Å². The van der Waals surface area contributed by atoms with Crippen molar-refractivity contribution in [2.45, 2.75) is 6.42 Å². The molecule has 0 saturated carbocycles. The maximum absolute atomic E-state index is 11.0. The molecule has 0 aromatic heterocycles. The number of hydrogen-bond donors (Lipinski definition) is 1. The summed E-state index contributed by atoms with van der Waals surface area (Å²) in [6.45, 7) is 0. The van der Waals surface area contributed by atoms with Crippen LogP contribution in [-0.2, 0) is 10.0 Å². The van der Waals surface area contributed by atoms with Gasteiger partial charge in [0.15, 0.2) is 0 Å². The standard InChI is InChI=1S/C5H12N2O2S2/c1-7(2)11(8,9)4-3-5(6)10/h3-4H2,1-2H3,(H2,6,10). The molecule has 0 atom stereocenters. The molecule has 0 aliphatic carbocycles. The Balaban J connectivity index is 4.05. The molecule has 0 fully saturated rings. The molecule has 11 heavy (non-hydrogen) atoms. The van der Waals surface area contributed by atoms with Crippen molar-refractivity contribution >= 4 is 27.2 Å². The number of thiocarbonyl (C=S) groups is 1. The lowest BCUT2D eigenvalue weighted by atomic mass is 10.5. The van der Waals surface area contributed by atoms with Gasteiger partial charge in [-0.15, -0.1) is 0 Å². The number of sulfonamides is 1. The first-order chi connectivity index (χ1) is 4.86. The minimum atomic E-state index is -3.13. The van der Waals surface area contributed by atoms with Gasteiger partial charge in [0.25, 0.3) is 0 Å². The molecular weight excluding hydrogens is 184 g/mol. The van der Waals surface area contributed by atoms with Crippen molar-refractivity contribution in [2.24, 2.45) is 5.73 Å². The maximum Gasteiger partial charge on any atom is 0.214 e. The van der Waals surface area contributed by atoms with Crippen LogP contribution in [0.2, 0.25) is 0 Å². The molecule has 0 spiro atoms. The molecule has 0 radical (unpaired) electrons. The van der Waals surface area contributed by atoms with E-state index in [1.54, 1.807) is 0 Å². The van der Waals surface area contributed by atoms with Crippen LogP contribution in [0, 0.1) is 0 Å². The lowest BCUT2D eigenvalue weighted by Crippen LogP contribution is -2.27. The van der Waals surface area contributed by atoms with E-state index in [4.69, 9.17) is 5.73 Å². The van der Waals surface area contributed by atoms with E-state index in [0.717, 1.165) is 4.31 Å². The van der Waals surface area contributed by atoms with Gasteiger partial charge in [-0.25, -0.2) is 12.7 Å². The topological polar surface area (TPSA) is 63.4 Å². The average molecular weight is 196 g/mol. The predicted molar refractivity (Wildman–Crippen MR) is 48.9 cm³/mol. The van der Waals surface area contributed by atoms with Gasteiger partial charge in [0.1, 0.15) is 0 Å². The highest BCUT2D eigenvalue weighted by molar-refractivity contribution is 7.89. The van der Waals surface area contributed by atoms with Gasteiger partial charge in [-0.3, -0.25) is 0 Å². The second kappa shape index (κ2) is 3.99. The molecule has 0 saturated heterocycles. The Morgan fingerprint density at radius 3 is 2.27 bits per heavy atom. The summed E-state index contributed by atoms with van der Waals surface area (Å²) in [6, 6.07) is 0. The first-order valence-corrected chi connectivity index (χ1v) is 5.06. The quantitative estimate of drug-likeness (QED) is 0.619. The number of rotatable bonds is 4. The van der Waals surface area contributed by atoms with E-state index in [1.165, 1.54) is 14.1 Å². The Morgan fingerprint density at radius 2 is 2.00 bits per heavy atom. The zero-order chi connectivity index (χ0) is 9.07. The Kier molecular flexibility index (Phi) is 3.91. The molecule has 0 aromatic carbocycles. The molecule has 0 heterocycles. The SMILES string of the molecule is CN(C)S(=O)(=O)CCC(N)=S. The van der Waals surface area contributed by atoms with Gasteiger partial charge < -0.3 is 5.73 Å². The summed E-state index contributed by atoms with van der Waals surface area (Å²) in [5.41, 5.74) is 5.15. The first kappa shape index (κ1) is 10.8. The summed E-state index contributed by atoms with van der Waals surface area (Å²) in [4.78, 5) is 0.232. The normalized spacial score (nSPS) is 11.9. The summed E-state index contributed by atoms with van der Waals surface area (Å²) in [5.74, 6) is -0.00463. The van der Waals surface area contributed by atoms with Gasteiger partial charge in [0.05, 0.1) is 10.7 Å². The Labute approximate surface area is 72.4 Å². The van der Waals surface area contributed by atoms with Gasteiger partial charge in [0.2, 0.25) is 10.0 Å². The molecule has 0 aliphatic rings. The van der Waals surface area contributed by atoms with E-state index in [0.29, 0.717) is 0 Å². The highest BCUT2D eigenvalue weighted by Crippen LogP contribution is 1.96. The second-order valence-corrected chi connectivity index (χ2v) is 5.14. The third-order valence-electron chi connectivity index (χ3n) is 1.16. The second-order valence-electron chi connectivity index (χ2n) is 2.31. The summed E-state index contributed by atoms with van der Waals surface area (Å²) in [6.07, 6.45) is 0.246. The molecule has 0 rings (SSSR count). The molecule has 66 valence electrons. The van der Waals surface area contributed by atoms with Crippen LogP contribution in [-0.4, -0.2) is 37.6 Å². The lowest BCUT2D eigenvalue weighted by Gasteiger charge is -2.09. The van der Waals surface area contributed by atoms with Crippen molar-refractivity contribution in [3.05, 3.63) is 0 Å². The molecule has 0 aromatic rings. The zero-order valence-electron chi connectivity index (χ0n) is 6.57. The number of nitrogens with zero attached hydrogens (tertiary/aromatic N) is 1. The molecule has 0 bridgehead atoms. The minimum Gasteiger partial charge on any atom is -0.393 e. The van der Waals surface area contributed by atoms with Crippen molar-refractivity contribution in [3.8, 4) is 0 Å². The molecule has 0 amide bonds. The summed E-state index contributed by atoms with van der Waals surface area (Å²) in [5, 5.41) is 0. The summed E-state index contributed by atoms with van der Waals surface area (Å²) >= 11 is 4.54.